The monoisotopic (exact) mass is 480 g/mol. The van der Waals surface area contributed by atoms with Crippen LogP contribution in [0.2, 0.25) is 0 Å². The molecule has 5 atom stereocenters. The maximum atomic E-state index is 13.3. The second kappa shape index (κ2) is 10.3. The second-order valence-electron chi connectivity index (χ2n) is 8.80. The molecular weight excluding hydrogens is 452 g/mol. The number of fused-ring (bicyclic) bond motifs is 1. The van der Waals surface area contributed by atoms with Crippen molar-refractivity contribution in [2.24, 2.45) is 0 Å². The van der Waals surface area contributed by atoms with E-state index in [0.29, 0.717) is 5.56 Å². The third-order valence-corrected chi connectivity index (χ3v) is 6.40. The third-order valence-electron chi connectivity index (χ3n) is 6.40. The van der Waals surface area contributed by atoms with Crippen LogP contribution < -0.4 is 11.2 Å². The first-order valence-electron chi connectivity index (χ1n) is 11.6. The average Bonchev–Trinajstić information content (AvgIpc) is 2.90. The number of nitrogens with zero attached hydrogens (tertiary/aromatic N) is 2. The fourth-order valence-corrected chi connectivity index (χ4v) is 4.50. The SMILES string of the molecule is Cc1cn([C@@H]2CO[C@@H]3CO[C@@H](c4ccccc4)O[C@H]3[C@H]2O)c(=O)n(COCc2ccccc2)c1=O. The molecule has 184 valence electrons. The van der Waals surface area contributed by atoms with Crippen molar-refractivity contribution >= 4 is 0 Å². The Balaban J connectivity index is 1.36. The molecule has 0 saturated carbocycles. The molecule has 1 N–H and O–H groups in total. The van der Waals surface area contributed by atoms with Gasteiger partial charge in [-0.15, -0.1) is 0 Å². The van der Waals surface area contributed by atoms with Gasteiger partial charge < -0.3 is 24.1 Å². The molecule has 3 heterocycles. The van der Waals surface area contributed by atoms with Gasteiger partial charge in [-0.05, 0) is 12.5 Å². The van der Waals surface area contributed by atoms with Gasteiger partial charge in [0.25, 0.3) is 5.56 Å². The quantitative estimate of drug-likeness (QED) is 0.575. The van der Waals surface area contributed by atoms with E-state index < -0.39 is 41.9 Å². The fourth-order valence-electron chi connectivity index (χ4n) is 4.50. The van der Waals surface area contributed by atoms with Crippen molar-refractivity contribution in [3.8, 4) is 0 Å². The van der Waals surface area contributed by atoms with Crippen LogP contribution >= 0.6 is 0 Å². The van der Waals surface area contributed by atoms with Gasteiger partial charge in [0.2, 0.25) is 0 Å². The molecule has 0 spiro atoms. The summed E-state index contributed by atoms with van der Waals surface area (Å²) in [6.45, 7) is 2.02. The van der Waals surface area contributed by atoms with Gasteiger partial charge in [-0.1, -0.05) is 60.7 Å². The molecule has 2 aliphatic rings. The largest absolute Gasteiger partial charge is 0.388 e. The number of aliphatic hydroxyl groups is 1. The van der Waals surface area contributed by atoms with E-state index in [2.05, 4.69) is 0 Å². The van der Waals surface area contributed by atoms with E-state index in [1.54, 1.807) is 6.92 Å². The Kier molecular flexibility index (Phi) is 6.94. The molecule has 2 saturated heterocycles. The highest BCUT2D eigenvalue weighted by Crippen LogP contribution is 2.35. The lowest BCUT2D eigenvalue weighted by Gasteiger charge is -2.45. The fraction of sp³-hybridized carbons (Fsp3) is 0.385. The number of ether oxygens (including phenoxy) is 4. The minimum Gasteiger partial charge on any atom is -0.388 e. The zero-order valence-corrected chi connectivity index (χ0v) is 19.4. The van der Waals surface area contributed by atoms with Crippen molar-refractivity contribution < 1.29 is 24.1 Å². The first-order valence-corrected chi connectivity index (χ1v) is 11.6. The predicted molar refractivity (Wildman–Crippen MR) is 126 cm³/mol. The summed E-state index contributed by atoms with van der Waals surface area (Å²) < 4.78 is 25.8. The number of hydrogen-bond donors (Lipinski definition) is 1. The van der Waals surface area contributed by atoms with Gasteiger partial charge in [0.15, 0.2) is 6.29 Å². The smallest absolute Gasteiger partial charge is 0.333 e. The Morgan fingerprint density at radius 1 is 1.00 bits per heavy atom. The van der Waals surface area contributed by atoms with E-state index in [1.165, 1.54) is 10.8 Å². The van der Waals surface area contributed by atoms with Crippen molar-refractivity contribution in [3.63, 3.8) is 0 Å². The summed E-state index contributed by atoms with van der Waals surface area (Å²) in [6, 6.07) is 18.2. The van der Waals surface area contributed by atoms with Crippen molar-refractivity contribution in [2.75, 3.05) is 13.2 Å². The summed E-state index contributed by atoms with van der Waals surface area (Å²) in [5.41, 5.74) is 1.11. The molecule has 1 aromatic heterocycles. The van der Waals surface area contributed by atoms with Crippen molar-refractivity contribution in [1.29, 1.82) is 0 Å². The molecule has 2 fully saturated rings. The Morgan fingerprint density at radius 3 is 2.46 bits per heavy atom. The second-order valence-corrected chi connectivity index (χ2v) is 8.80. The zero-order valence-electron chi connectivity index (χ0n) is 19.4. The molecule has 5 rings (SSSR count). The van der Waals surface area contributed by atoms with Gasteiger partial charge in [-0.25, -0.2) is 9.36 Å². The van der Waals surface area contributed by atoms with Crippen LogP contribution in [-0.2, 0) is 32.3 Å². The molecule has 9 nitrogen and oxygen atoms in total. The van der Waals surface area contributed by atoms with Gasteiger partial charge in [0.1, 0.15) is 25.0 Å². The maximum Gasteiger partial charge on any atom is 0.333 e. The highest BCUT2D eigenvalue weighted by atomic mass is 16.7. The molecule has 0 bridgehead atoms. The van der Waals surface area contributed by atoms with Gasteiger partial charge in [0.05, 0.1) is 25.9 Å². The number of hydrogen-bond acceptors (Lipinski definition) is 7. The third kappa shape index (κ3) is 4.86. The van der Waals surface area contributed by atoms with Crippen LogP contribution in [0.5, 0.6) is 0 Å². The minimum absolute atomic E-state index is 0.0769. The Hall–Kier alpha value is -3.08. The molecular formula is C26H28N2O7. The molecule has 0 radical (unpaired) electrons. The topological polar surface area (TPSA) is 101 Å². The zero-order chi connectivity index (χ0) is 24.4. The Morgan fingerprint density at radius 2 is 1.71 bits per heavy atom. The van der Waals surface area contributed by atoms with Crippen molar-refractivity contribution in [3.05, 3.63) is 104 Å². The Labute approximate surface area is 202 Å². The van der Waals surface area contributed by atoms with E-state index in [1.807, 2.05) is 60.7 Å². The summed E-state index contributed by atoms with van der Waals surface area (Å²) in [5.74, 6) is 0. The highest BCUT2D eigenvalue weighted by molar-refractivity contribution is 5.17. The van der Waals surface area contributed by atoms with Crippen LogP contribution in [-0.4, -0.2) is 45.8 Å². The average molecular weight is 481 g/mol. The molecule has 2 aromatic carbocycles. The number of aryl methyl sites for hydroxylation is 1. The van der Waals surface area contributed by atoms with Crippen LogP contribution in [0.4, 0.5) is 0 Å². The Bertz CT molecular complexity index is 1260. The van der Waals surface area contributed by atoms with E-state index in [-0.39, 0.29) is 26.6 Å². The first-order chi connectivity index (χ1) is 17.0. The summed E-state index contributed by atoms with van der Waals surface area (Å²) in [4.78, 5) is 26.0. The predicted octanol–water partition coefficient (Wildman–Crippen LogP) is 1.91. The first kappa shape index (κ1) is 23.7. The van der Waals surface area contributed by atoms with Crippen LogP contribution in [0.1, 0.15) is 29.0 Å². The summed E-state index contributed by atoms with van der Waals surface area (Å²) >= 11 is 0. The lowest BCUT2D eigenvalue weighted by atomic mass is 9.96. The van der Waals surface area contributed by atoms with Crippen LogP contribution in [0.15, 0.2) is 76.4 Å². The van der Waals surface area contributed by atoms with Crippen molar-refractivity contribution in [2.45, 2.75) is 50.9 Å². The summed E-state index contributed by atoms with van der Waals surface area (Å²) in [7, 11) is 0. The van der Waals surface area contributed by atoms with Gasteiger partial charge in [-0.2, -0.15) is 0 Å². The molecule has 2 aliphatic heterocycles. The lowest BCUT2D eigenvalue weighted by molar-refractivity contribution is -0.306. The summed E-state index contributed by atoms with van der Waals surface area (Å²) in [5, 5.41) is 11.2. The van der Waals surface area contributed by atoms with E-state index >= 15 is 0 Å². The molecule has 35 heavy (non-hydrogen) atoms. The standard InChI is InChI=1S/C26H28N2O7/c1-17-12-27(26(31)28(24(17)30)16-32-13-18-8-4-2-5-9-18)20-14-33-21-15-34-25(35-23(21)22(20)29)19-10-6-3-7-11-19/h2-12,20-23,25,29H,13-16H2,1H3/t20-,21-,22+,23-,25-/m1/s1. The molecule has 9 heteroatoms. The van der Waals surface area contributed by atoms with Crippen LogP contribution in [0, 0.1) is 6.92 Å². The lowest BCUT2D eigenvalue weighted by Crippen LogP contribution is -2.58. The van der Waals surface area contributed by atoms with Gasteiger partial charge in [0, 0.05) is 17.3 Å². The number of benzene rings is 2. The number of aliphatic hydroxyl groups excluding tert-OH is 1. The van der Waals surface area contributed by atoms with Gasteiger partial charge >= 0.3 is 5.69 Å². The number of aromatic nitrogens is 2. The summed E-state index contributed by atoms with van der Waals surface area (Å²) in [6.07, 6.45) is -1.39. The maximum absolute atomic E-state index is 13.3. The molecule has 0 amide bonds. The van der Waals surface area contributed by atoms with E-state index in [0.717, 1.165) is 15.7 Å². The molecule has 3 aromatic rings. The van der Waals surface area contributed by atoms with Crippen LogP contribution in [0.3, 0.4) is 0 Å². The van der Waals surface area contributed by atoms with Crippen LogP contribution in [0.25, 0.3) is 0 Å². The number of rotatable bonds is 6. The molecule has 0 aliphatic carbocycles. The van der Waals surface area contributed by atoms with Gasteiger partial charge in [-0.3, -0.25) is 9.36 Å². The minimum atomic E-state index is -1.04. The van der Waals surface area contributed by atoms with Crippen molar-refractivity contribution in [1.82, 2.24) is 9.13 Å². The van der Waals surface area contributed by atoms with E-state index in [9.17, 15) is 14.7 Å². The normalized spacial score (nSPS) is 26.3. The highest BCUT2D eigenvalue weighted by Gasteiger charge is 2.46. The van der Waals surface area contributed by atoms with E-state index in [4.69, 9.17) is 18.9 Å². The molecule has 0 unspecified atom stereocenters.